The monoisotopic (exact) mass is 295 g/mol. The predicted molar refractivity (Wildman–Crippen MR) is 77.4 cm³/mol. The van der Waals surface area contributed by atoms with E-state index in [2.05, 4.69) is 15.6 Å². The van der Waals surface area contributed by atoms with Crippen LogP contribution >= 0.6 is 22.9 Å². The van der Waals surface area contributed by atoms with Crippen LogP contribution in [0.15, 0.2) is 29.8 Å². The summed E-state index contributed by atoms with van der Waals surface area (Å²) in [4.78, 5) is 16.8. The number of aromatic nitrogens is 1. The average molecular weight is 296 g/mol. The Kier molecular flexibility index (Phi) is 4.76. The summed E-state index contributed by atoms with van der Waals surface area (Å²) in [6.45, 7) is 2.91. The third-order valence-corrected chi connectivity index (χ3v) is 3.81. The molecule has 0 bridgehead atoms. The zero-order valence-corrected chi connectivity index (χ0v) is 12.0. The first-order chi connectivity index (χ1) is 9.15. The van der Waals surface area contributed by atoms with E-state index in [9.17, 15) is 4.79 Å². The lowest BCUT2D eigenvalue weighted by atomic mass is 10.2. The van der Waals surface area contributed by atoms with Crippen molar-refractivity contribution >= 4 is 29.0 Å². The summed E-state index contributed by atoms with van der Waals surface area (Å²) in [6, 6.07) is 7.18. The second-order valence-corrected chi connectivity index (χ2v) is 5.40. The van der Waals surface area contributed by atoms with E-state index in [1.54, 1.807) is 17.6 Å². The minimum atomic E-state index is -0.192. The number of amides is 2. The first-order valence-electron chi connectivity index (χ1n) is 5.80. The Morgan fingerprint density at radius 1 is 1.26 bits per heavy atom. The van der Waals surface area contributed by atoms with E-state index in [1.807, 2.05) is 19.1 Å². The molecule has 0 unspecified atom stereocenters. The molecule has 0 saturated carbocycles. The molecule has 0 aliphatic heterocycles. The van der Waals surface area contributed by atoms with Crippen LogP contribution in [-0.2, 0) is 13.1 Å². The molecule has 0 fully saturated rings. The highest BCUT2D eigenvalue weighted by Crippen LogP contribution is 2.11. The van der Waals surface area contributed by atoms with Crippen molar-refractivity contribution in [1.82, 2.24) is 15.6 Å². The van der Waals surface area contributed by atoms with Gasteiger partial charge in [-0.2, -0.15) is 0 Å². The largest absolute Gasteiger partial charge is 0.334 e. The molecule has 2 rings (SSSR count). The maximum atomic E-state index is 11.6. The number of thiazole rings is 1. The minimum Gasteiger partial charge on any atom is -0.334 e. The molecule has 2 amide bonds. The van der Waals surface area contributed by atoms with Gasteiger partial charge in [-0.3, -0.25) is 0 Å². The van der Waals surface area contributed by atoms with Crippen molar-refractivity contribution in [3.8, 4) is 0 Å². The average Bonchev–Trinajstić information content (AvgIpc) is 2.81. The zero-order valence-electron chi connectivity index (χ0n) is 10.4. The van der Waals surface area contributed by atoms with E-state index in [4.69, 9.17) is 11.6 Å². The van der Waals surface area contributed by atoms with Crippen LogP contribution in [0.25, 0.3) is 0 Å². The van der Waals surface area contributed by atoms with Crippen molar-refractivity contribution in [2.75, 3.05) is 0 Å². The Bertz CT molecular complexity index is 553. The van der Waals surface area contributed by atoms with Crippen LogP contribution in [0, 0.1) is 6.92 Å². The third kappa shape index (κ3) is 4.22. The molecule has 19 heavy (non-hydrogen) atoms. The summed E-state index contributed by atoms with van der Waals surface area (Å²) in [5.41, 5.74) is 3.74. The smallest absolute Gasteiger partial charge is 0.315 e. The van der Waals surface area contributed by atoms with Crippen LogP contribution in [0.4, 0.5) is 4.79 Å². The van der Waals surface area contributed by atoms with Crippen LogP contribution in [-0.4, -0.2) is 11.0 Å². The first-order valence-corrected chi connectivity index (χ1v) is 7.06. The lowest BCUT2D eigenvalue weighted by Gasteiger charge is -2.07. The van der Waals surface area contributed by atoms with Crippen molar-refractivity contribution in [2.45, 2.75) is 20.0 Å². The number of nitrogens with one attached hydrogen (secondary N) is 2. The maximum absolute atomic E-state index is 11.6. The second kappa shape index (κ2) is 6.54. The quantitative estimate of drug-likeness (QED) is 0.910. The number of urea groups is 1. The van der Waals surface area contributed by atoms with E-state index in [-0.39, 0.29) is 6.03 Å². The van der Waals surface area contributed by atoms with Crippen LogP contribution in [0.5, 0.6) is 0 Å². The number of hydrogen-bond acceptors (Lipinski definition) is 3. The summed E-state index contributed by atoms with van der Waals surface area (Å²) in [5.74, 6) is 0. The predicted octanol–water partition coefficient (Wildman–Crippen LogP) is 3.10. The highest BCUT2D eigenvalue weighted by molar-refractivity contribution is 7.09. The van der Waals surface area contributed by atoms with Gasteiger partial charge in [0, 0.05) is 16.4 Å². The zero-order chi connectivity index (χ0) is 13.7. The van der Waals surface area contributed by atoms with E-state index in [1.165, 1.54) is 11.3 Å². The fourth-order valence-corrected chi connectivity index (χ4v) is 2.35. The number of nitrogens with zero attached hydrogens (tertiary/aromatic N) is 1. The van der Waals surface area contributed by atoms with Crippen molar-refractivity contribution in [3.05, 3.63) is 50.9 Å². The van der Waals surface area contributed by atoms with Crippen molar-refractivity contribution in [1.29, 1.82) is 0 Å². The molecule has 4 nitrogen and oxygen atoms in total. The molecular formula is C13H14ClN3OS. The fourth-order valence-electron chi connectivity index (χ4n) is 1.50. The van der Waals surface area contributed by atoms with Gasteiger partial charge in [-0.25, -0.2) is 9.78 Å². The third-order valence-electron chi connectivity index (χ3n) is 2.62. The van der Waals surface area contributed by atoms with Gasteiger partial charge in [-0.1, -0.05) is 23.7 Å². The minimum absolute atomic E-state index is 0.192. The number of halogens is 1. The van der Waals surface area contributed by atoms with Gasteiger partial charge in [0.25, 0.3) is 0 Å². The number of benzene rings is 1. The van der Waals surface area contributed by atoms with Gasteiger partial charge in [0.1, 0.15) is 0 Å². The Morgan fingerprint density at radius 2 is 1.95 bits per heavy atom. The van der Waals surface area contributed by atoms with Gasteiger partial charge >= 0.3 is 6.03 Å². The lowest BCUT2D eigenvalue weighted by molar-refractivity contribution is 0.240. The standard InChI is InChI=1S/C13H14ClN3OS/c1-9-12(19-8-17-9)7-16-13(18)15-6-10-2-4-11(14)5-3-10/h2-5,8H,6-7H2,1H3,(H2,15,16,18). The Morgan fingerprint density at radius 3 is 2.58 bits per heavy atom. The lowest BCUT2D eigenvalue weighted by Crippen LogP contribution is -2.34. The van der Waals surface area contributed by atoms with Crippen molar-refractivity contribution in [3.63, 3.8) is 0 Å². The van der Waals surface area contributed by atoms with E-state index >= 15 is 0 Å². The van der Waals surface area contributed by atoms with Crippen molar-refractivity contribution in [2.24, 2.45) is 0 Å². The van der Waals surface area contributed by atoms with Gasteiger partial charge in [0.2, 0.25) is 0 Å². The molecule has 0 aliphatic rings. The fraction of sp³-hybridized carbons (Fsp3) is 0.231. The normalized spacial score (nSPS) is 10.2. The van der Waals surface area contributed by atoms with Crippen molar-refractivity contribution < 1.29 is 4.79 Å². The number of carbonyl (C=O) groups excluding carboxylic acids is 1. The highest BCUT2D eigenvalue weighted by atomic mass is 35.5. The van der Waals surface area contributed by atoms with E-state index < -0.39 is 0 Å². The molecule has 0 radical (unpaired) electrons. The van der Waals surface area contributed by atoms with E-state index in [0.717, 1.165) is 16.1 Å². The second-order valence-electron chi connectivity index (χ2n) is 4.02. The molecule has 100 valence electrons. The van der Waals surface area contributed by atoms with Gasteiger partial charge in [0.15, 0.2) is 0 Å². The first kappa shape index (κ1) is 13.8. The summed E-state index contributed by atoms with van der Waals surface area (Å²) < 4.78 is 0. The molecule has 0 spiro atoms. The molecule has 0 atom stereocenters. The van der Waals surface area contributed by atoms with Gasteiger partial charge < -0.3 is 10.6 Å². The van der Waals surface area contributed by atoms with Crippen LogP contribution in [0.3, 0.4) is 0 Å². The molecule has 1 heterocycles. The Hall–Kier alpha value is -1.59. The van der Waals surface area contributed by atoms with Gasteiger partial charge in [-0.05, 0) is 24.6 Å². The number of aryl methyl sites for hydroxylation is 1. The van der Waals surface area contributed by atoms with Crippen LogP contribution in [0.2, 0.25) is 5.02 Å². The van der Waals surface area contributed by atoms with Gasteiger partial charge in [0.05, 0.1) is 17.7 Å². The number of rotatable bonds is 4. The highest BCUT2D eigenvalue weighted by Gasteiger charge is 2.04. The van der Waals surface area contributed by atoms with E-state index in [0.29, 0.717) is 18.1 Å². The Balaban J connectivity index is 1.76. The summed E-state index contributed by atoms with van der Waals surface area (Å²) in [6.07, 6.45) is 0. The molecule has 2 aromatic rings. The summed E-state index contributed by atoms with van der Waals surface area (Å²) in [5, 5.41) is 6.28. The summed E-state index contributed by atoms with van der Waals surface area (Å²) >= 11 is 7.33. The molecule has 2 N–H and O–H groups in total. The molecular weight excluding hydrogens is 282 g/mol. The van der Waals surface area contributed by atoms with Crippen LogP contribution < -0.4 is 10.6 Å². The molecule has 1 aromatic heterocycles. The molecule has 1 aromatic carbocycles. The molecule has 0 aliphatic carbocycles. The van der Waals surface area contributed by atoms with Crippen LogP contribution in [0.1, 0.15) is 16.1 Å². The number of carbonyl (C=O) groups is 1. The summed E-state index contributed by atoms with van der Waals surface area (Å²) in [7, 11) is 0. The maximum Gasteiger partial charge on any atom is 0.315 e. The molecule has 6 heteroatoms. The molecule has 0 saturated heterocycles. The Labute approximate surface area is 120 Å². The number of hydrogen-bond donors (Lipinski definition) is 2. The topological polar surface area (TPSA) is 54.0 Å². The van der Waals surface area contributed by atoms with Gasteiger partial charge in [-0.15, -0.1) is 11.3 Å². The SMILES string of the molecule is Cc1ncsc1CNC(=O)NCc1ccc(Cl)cc1.